The summed E-state index contributed by atoms with van der Waals surface area (Å²) in [6.07, 6.45) is 6.74. The van der Waals surface area contributed by atoms with E-state index in [2.05, 4.69) is 6.08 Å². The number of aliphatic hydroxyl groups excluding tert-OH is 2. The van der Waals surface area contributed by atoms with Crippen LogP contribution in [-0.2, 0) is 0 Å². The summed E-state index contributed by atoms with van der Waals surface area (Å²) in [4.78, 5) is 2.03. The molecule has 1 aliphatic rings. The van der Waals surface area contributed by atoms with E-state index in [1.807, 2.05) is 17.2 Å². The van der Waals surface area contributed by atoms with Crippen molar-refractivity contribution < 1.29 is 10.2 Å². The first-order chi connectivity index (χ1) is 5.86. The van der Waals surface area contributed by atoms with Gasteiger partial charge < -0.3 is 15.1 Å². The van der Waals surface area contributed by atoms with Crippen molar-refractivity contribution in [1.29, 1.82) is 0 Å². The second-order valence-corrected chi connectivity index (χ2v) is 2.79. The molecule has 0 atom stereocenters. The van der Waals surface area contributed by atoms with Gasteiger partial charge >= 0.3 is 0 Å². The predicted octanol–water partition coefficient (Wildman–Crippen LogP) is 0.117. The number of aliphatic hydroxyl groups is 2. The molecule has 3 nitrogen and oxygen atoms in total. The van der Waals surface area contributed by atoms with E-state index in [1.54, 1.807) is 0 Å². The molecule has 0 bridgehead atoms. The summed E-state index contributed by atoms with van der Waals surface area (Å²) >= 11 is 0. The Balaban J connectivity index is 2.33. The number of hydrogen-bond donors (Lipinski definition) is 2. The molecule has 0 aromatic heterocycles. The van der Waals surface area contributed by atoms with Crippen molar-refractivity contribution in [1.82, 2.24) is 4.90 Å². The second kappa shape index (κ2) is 4.95. The van der Waals surface area contributed by atoms with Gasteiger partial charge in [0.1, 0.15) is 0 Å². The van der Waals surface area contributed by atoms with Crippen molar-refractivity contribution in [2.24, 2.45) is 0 Å². The van der Waals surface area contributed by atoms with Crippen molar-refractivity contribution in [3.63, 3.8) is 0 Å². The first-order valence-electron chi connectivity index (χ1n) is 4.20. The van der Waals surface area contributed by atoms with Crippen LogP contribution in [0.3, 0.4) is 0 Å². The zero-order chi connectivity index (χ0) is 8.81. The van der Waals surface area contributed by atoms with Gasteiger partial charge in [-0.1, -0.05) is 6.08 Å². The van der Waals surface area contributed by atoms with Gasteiger partial charge in [-0.3, -0.25) is 0 Å². The summed E-state index contributed by atoms with van der Waals surface area (Å²) in [5.74, 6) is 0. The molecule has 2 N–H and O–H groups in total. The third kappa shape index (κ3) is 2.68. The molecule has 0 unspecified atom stereocenters. The van der Waals surface area contributed by atoms with E-state index < -0.39 is 0 Å². The lowest BCUT2D eigenvalue weighted by molar-refractivity contribution is 0.244. The van der Waals surface area contributed by atoms with E-state index in [-0.39, 0.29) is 13.2 Å². The molecular weight excluding hydrogens is 154 g/mol. The van der Waals surface area contributed by atoms with Gasteiger partial charge in [-0.25, -0.2) is 0 Å². The molecule has 1 heterocycles. The minimum Gasteiger partial charge on any atom is -0.396 e. The van der Waals surface area contributed by atoms with Gasteiger partial charge in [0.15, 0.2) is 0 Å². The van der Waals surface area contributed by atoms with Gasteiger partial charge in [0.25, 0.3) is 0 Å². The Labute approximate surface area is 72.6 Å². The van der Waals surface area contributed by atoms with Crippen LogP contribution in [-0.4, -0.2) is 41.4 Å². The Morgan fingerprint density at radius 3 is 2.67 bits per heavy atom. The van der Waals surface area contributed by atoms with E-state index in [9.17, 15) is 0 Å². The van der Waals surface area contributed by atoms with E-state index in [1.165, 1.54) is 5.57 Å². The molecule has 0 saturated heterocycles. The van der Waals surface area contributed by atoms with Crippen LogP contribution in [0.2, 0.25) is 0 Å². The number of β-amino-alcohol motifs (C(OH)–C–C–N with tert-alkyl or cyclic N) is 1. The van der Waals surface area contributed by atoms with Crippen LogP contribution in [0.25, 0.3) is 0 Å². The minimum atomic E-state index is 0.188. The van der Waals surface area contributed by atoms with Gasteiger partial charge in [-0.05, 0) is 24.3 Å². The Morgan fingerprint density at radius 1 is 1.33 bits per heavy atom. The maximum atomic E-state index is 8.66. The molecule has 0 radical (unpaired) electrons. The normalized spacial score (nSPS) is 16.5. The molecule has 0 aliphatic carbocycles. The summed E-state index contributed by atoms with van der Waals surface area (Å²) in [7, 11) is 0. The van der Waals surface area contributed by atoms with Crippen LogP contribution in [0.15, 0.2) is 23.9 Å². The van der Waals surface area contributed by atoms with Crippen molar-refractivity contribution in [2.75, 3.05) is 26.3 Å². The van der Waals surface area contributed by atoms with E-state index >= 15 is 0 Å². The highest BCUT2D eigenvalue weighted by atomic mass is 16.3. The van der Waals surface area contributed by atoms with Gasteiger partial charge in [0, 0.05) is 19.7 Å². The smallest absolute Gasteiger partial charge is 0.0606 e. The average molecular weight is 169 g/mol. The van der Waals surface area contributed by atoms with Crippen molar-refractivity contribution in [3.8, 4) is 0 Å². The number of allylic oxidation sites excluding steroid dienone is 1. The van der Waals surface area contributed by atoms with Gasteiger partial charge in [0.05, 0.1) is 6.61 Å². The fraction of sp³-hybridized carbons (Fsp3) is 0.556. The Morgan fingerprint density at radius 2 is 2.17 bits per heavy atom. The zero-order valence-electron chi connectivity index (χ0n) is 7.11. The maximum Gasteiger partial charge on any atom is 0.0606 e. The molecule has 1 aliphatic heterocycles. The molecule has 0 aromatic carbocycles. The van der Waals surface area contributed by atoms with Crippen molar-refractivity contribution >= 4 is 0 Å². The lowest BCUT2D eigenvalue weighted by Crippen LogP contribution is -2.23. The molecule has 0 fully saturated rings. The fourth-order valence-corrected chi connectivity index (χ4v) is 1.17. The van der Waals surface area contributed by atoms with E-state index in [0.29, 0.717) is 6.54 Å². The maximum absolute atomic E-state index is 8.66. The summed E-state index contributed by atoms with van der Waals surface area (Å²) in [5.41, 5.74) is 1.17. The molecule has 12 heavy (non-hydrogen) atoms. The molecular formula is C9H15NO2. The van der Waals surface area contributed by atoms with Crippen molar-refractivity contribution in [2.45, 2.75) is 6.42 Å². The molecule has 0 saturated carbocycles. The zero-order valence-corrected chi connectivity index (χ0v) is 7.11. The van der Waals surface area contributed by atoms with Gasteiger partial charge in [0.2, 0.25) is 0 Å². The summed E-state index contributed by atoms with van der Waals surface area (Å²) in [6.45, 7) is 1.91. The predicted molar refractivity (Wildman–Crippen MR) is 47.6 cm³/mol. The van der Waals surface area contributed by atoms with Crippen LogP contribution in [0.1, 0.15) is 6.42 Å². The Kier molecular flexibility index (Phi) is 3.84. The SMILES string of the molecule is OCCC1=CCN(CCO)C=C1. The van der Waals surface area contributed by atoms with Gasteiger partial charge in [-0.15, -0.1) is 0 Å². The number of rotatable bonds is 4. The molecule has 0 spiro atoms. The monoisotopic (exact) mass is 169 g/mol. The second-order valence-electron chi connectivity index (χ2n) is 2.79. The lowest BCUT2D eigenvalue weighted by atomic mass is 10.1. The largest absolute Gasteiger partial charge is 0.396 e. The molecule has 0 aromatic rings. The highest BCUT2D eigenvalue weighted by Gasteiger charge is 2.02. The third-order valence-corrected chi connectivity index (χ3v) is 1.88. The quantitative estimate of drug-likeness (QED) is 0.628. The van der Waals surface area contributed by atoms with Crippen molar-refractivity contribution in [3.05, 3.63) is 23.9 Å². The average Bonchev–Trinajstić information content (AvgIpc) is 2.09. The summed E-state index contributed by atoms with van der Waals surface area (Å²) < 4.78 is 0. The van der Waals surface area contributed by atoms with Crippen LogP contribution < -0.4 is 0 Å². The summed E-state index contributed by atoms with van der Waals surface area (Å²) in [6, 6.07) is 0. The highest BCUT2D eigenvalue weighted by molar-refractivity contribution is 5.22. The van der Waals surface area contributed by atoms with Crippen LogP contribution >= 0.6 is 0 Å². The number of hydrogen-bond acceptors (Lipinski definition) is 3. The highest BCUT2D eigenvalue weighted by Crippen LogP contribution is 2.09. The van der Waals surface area contributed by atoms with E-state index in [4.69, 9.17) is 10.2 Å². The Hall–Kier alpha value is -0.800. The molecule has 68 valence electrons. The van der Waals surface area contributed by atoms with Gasteiger partial charge in [-0.2, -0.15) is 0 Å². The molecule has 1 rings (SSSR count). The minimum absolute atomic E-state index is 0.188. The number of nitrogens with zero attached hydrogens (tertiary/aromatic N) is 1. The lowest BCUT2D eigenvalue weighted by Gasteiger charge is -2.21. The molecule has 3 heteroatoms. The van der Waals surface area contributed by atoms with Crippen LogP contribution in [0.4, 0.5) is 0 Å². The first kappa shape index (κ1) is 9.29. The standard InChI is InChI=1S/C9H15NO2/c11-7-3-9-1-4-10(5-2-9)6-8-12/h1-2,4,11-12H,3,5-8H2. The topological polar surface area (TPSA) is 43.7 Å². The fourth-order valence-electron chi connectivity index (χ4n) is 1.17. The third-order valence-electron chi connectivity index (χ3n) is 1.88. The Bertz CT molecular complexity index is 187. The first-order valence-corrected chi connectivity index (χ1v) is 4.20. The summed E-state index contributed by atoms with van der Waals surface area (Å²) in [5, 5.41) is 17.3. The van der Waals surface area contributed by atoms with E-state index in [0.717, 1.165) is 13.0 Å². The van der Waals surface area contributed by atoms with Crippen LogP contribution in [0.5, 0.6) is 0 Å². The molecule has 0 amide bonds. The van der Waals surface area contributed by atoms with Crippen LogP contribution in [0, 0.1) is 0 Å².